The van der Waals surface area contributed by atoms with E-state index in [1.807, 2.05) is 0 Å². The summed E-state index contributed by atoms with van der Waals surface area (Å²) in [6, 6.07) is 15.4. The van der Waals surface area contributed by atoms with E-state index in [0.717, 1.165) is 6.42 Å². The van der Waals surface area contributed by atoms with Crippen LogP contribution in [0.4, 0.5) is 0 Å². The number of benzene rings is 2. The second-order valence-corrected chi connectivity index (χ2v) is 5.12. The molecule has 0 aliphatic rings. The molecule has 0 heterocycles. The van der Waals surface area contributed by atoms with E-state index in [1.165, 1.54) is 48.4 Å². The third-order valence-electron chi connectivity index (χ3n) is 3.60. The van der Waals surface area contributed by atoms with E-state index in [2.05, 4.69) is 61.5 Å². The van der Waals surface area contributed by atoms with E-state index in [0.29, 0.717) is 0 Å². The molecule has 0 aromatic heterocycles. The van der Waals surface area contributed by atoms with Gasteiger partial charge in [0.05, 0.1) is 0 Å². The first-order valence-electron chi connectivity index (χ1n) is 7.53. The van der Waals surface area contributed by atoms with Gasteiger partial charge in [-0.25, -0.2) is 0 Å². The van der Waals surface area contributed by atoms with Crippen molar-refractivity contribution < 1.29 is 0 Å². The van der Waals surface area contributed by atoms with Gasteiger partial charge in [0.25, 0.3) is 0 Å². The van der Waals surface area contributed by atoms with Crippen molar-refractivity contribution >= 4 is 10.8 Å². The van der Waals surface area contributed by atoms with Gasteiger partial charge in [-0.05, 0) is 48.4 Å². The van der Waals surface area contributed by atoms with Crippen molar-refractivity contribution in [3.05, 3.63) is 60.2 Å². The summed E-state index contributed by atoms with van der Waals surface area (Å²) < 4.78 is 0. The minimum absolute atomic E-state index is 1.16. The molecule has 19 heavy (non-hydrogen) atoms. The quantitative estimate of drug-likeness (QED) is 0.424. The van der Waals surface area contributed by atoms with E-state index in [4.69, 9.17) is 0 Å². The highest BCUT2D eigenvalue weighted by Gasteiger charge is 1.99. The third-order valence-corrected chi connectivity index (χ3v) is 3.60. The van der Waals surface area contributed by atoms with Crippen LogP contribution in [0, 0.1) is 0 Å². The lowest BCUT2D eigenvalue weighted by Gasteiger charge is -2.06. The van der Waals surface area contributed by atoms with E-state index in [1.54, 1.807) is 0 Å². The van der Waals surface area contributed by atoms with Gasteiger partial charge >= 0.3 is 0 Å². The van der Waals surface area contributed by atoms with Crippen molar-refractivity contribution in [1.82, 2.24) is 0 Å². The smallest absolute Gasteiger partial charge is 0.0152 e. The predicted octanol–water partition coefficient (Wildman–Crippen LogP) is 5.91. The lowest BCUT2D eigenvalue weighted by molar-refractivity contribution is 0.688. The molecule has 0 radical (unpaired) electrons. The van der Waals surface area contributed by atoms with Crippen LogP contribution >= 0.6 is 0 Å². The molecular formula is C19H24. The molecule has 0 saturated heterocycles. The number of hydrogen-bond acceptors (Lipinski definition) is 0. The highest BCUT2D eigenvalue weighted by Crippen LogP contribution is 2.20. The lowest BCUT2D eigenvalue weighted by Crippen LogP contribution is -1.88. The Morgan fingerprint density at radius 2 is 1.68 bits per heavy atom. The lowest BCUT2D eigenvalue weighted by atomic mass is 9.99. The van der Waals surface area contributed by atoms with E-state index in [-0.39, 0.29) is 0 Å². The molecular weight excluding hydrogens is 228 g/mol. The van der Waals surface area contributed by atoms with Crippen LogP contribution in [0.5, 0.6) is 0 Å². The summed E-state index contributed by atoms with van der Waals surface area (Å²) >= 11 is 0. The Bertz CT molecular complexity index is 517. The van der Waals surface area contributed by atoms with Gasteiger partial charge in [0.1, 0.15) is 0 Å². The summed E-state index contributed by atoms with van der Waals surface area (Å²) in [7, 11) is 0. The molecule has 0 aliphatic heterocycles. The molecule has 0 nitrogen and oxygen atoms in total. The van der Waals surface area contributed by atoms with Crippen molar-refractivity contribution in [1.29, 1.82) is 0 Å². The Morgan fingerprint density at radius 1 is 0.842 bits per heavy atom. The summed E-state index contributed by atoms with van der Waals surface area (Å²) in [4.78, 5) is 0. The number of rotatable bonds is 7. The summed E-state index contributed by atoms with van der Waals surface area (Å²) in [6.45, 7) is 2.19. The van der Waals surface area contributed by atoms with Gasteiger partial charge in [-0.1, -0.05) is 68.0 Å². The Morgan fingerprint density at radius 3 is 2.58 bits per heavy atom. The van der Waals surface area contributed by atoms with Crippen LogP contribution in [0.1, 0.15) is 44.6 Å². The molecule has 0 aliphatic carbocycles. The molecule has 2 aromatic carbocycles. The standard InChI is InChI=1S/C19H24/c1-2-3-4-5-6-7-8-12-17-14-11-15-18-13-9-10-16-19(17)18/h3-4,9-11,13-16H,2,5-8,12H2,1H3/b4-3+. The summed E-state index contributed by atoms with van der Waals surface area (Å²) in [5.41, 5.74) is 1.50. The van der Waals surface area contributed by atoms with Gasteiger partial charge < -0.3 is 0 Å². The van der Waals surface area contributed by atoms with Crippen LogP contribution in [0.25, 0.3) is 10.8 Å². The second-order valence-electron chi connectivity index (χ2n) is 5.12. The van der Waals surface area contributed by atoms with E-state index < -0.39 is 0 Å². The van der Waals surface area contributed by atoms with E-state index in [9.17, 15) is 0 Å². The molecule has 0 N–H and O–H groups in total. The first-order chi connectivity index (χ1) is 9.42. The number of unbranched alkanes of at least 4 members (excludes halogenated alkanes) is 3. The Kier molecular flexibility index (Phi) is 5.68. The monoisotopic (exact) mass is 252 g/mol. The maximum absolute atomic E-state index is 2.32. The zero-order chi connectivity index (χ0) is 13.3. The van der Waals surface area contributed by atoms with Crippen molar-refractivity contribution in [2.45, 2.75) is 45.4 Å². The Hall–Kier alpha value is -1.56. The molecule has 0 unspecified atom stereocenters. The highest BCUT2D eigenvalue weighted by atomic mass is 14.0. The van der Waals surface area contributed by atoms with Crippen molar-refractivity contribution in [2.75, 3.05) is 0 Å². The molecule has 0 heteroatoms. The van der Waals surface area contributed by atoms with Crippen LogP contribution in [0.2, 0.25) is 0 Å². The van der Waals surface area contributed by atoms with Crippen LogP contribution in [0.15, 0.2) is 54.6 Å². The number of allylic oxidation sites excluding steroid dienone is 2. The zero-order valence-corrected chi connectivity index (χ0v) is 11.9. The Balaban J connectivity index is 1.83. The number of aryl methyl sites for hydroxylation is 1. The van der Waals surface area contributed by atoms with Gasteiger partial charge in [-0.15, -0.1) is 0 Å². The third kappa shape index (κ3) is 4.24. The van der Waals surface area contributed by atoms with Gasteiger partial charge in [0.2, 0.25) is 0 Å². The maximum atomic E-state index is 2.32. The average Bonchev–Trinajstić information content (AvgIpc) is 2.46. The predicted molar refractivity (Wildman–Crippen MR) is 85.6 cm³/mol. The minimum atomic E-state index is 1.16. The molecule has 0 bridgehead atoms. The fourth-order valence-corrected chi connectivity index (χ4v) is 2.55. The van der Waals surface area contributed by atoms with E-state index >= 15 is 0 Å². The maximum Gasteiger partial charge on any atom is -0.0152 e. The fraction of sp³-hybridized carbons (Fsp3) is 0.368. The average molecular weight is 252 g/mol. The molecule has 100 valence electrons. The first-order valence-corrected chi connectivity index (χ1v) is 7.53. The summed E-state index contributed by atoms with van der Waals surface area (Å²) in [5.74, 6) is 0. The minimum Gasteiger partial charge on any atom is -0.0888 e. The molecule has 0 saturated carbocycles. The number of hydrogen-bond donors (Lipinski definition) is 0. The molecule has 0 fully saturated rings. The largest absolute Gasteiger partial charge is 0.0888 e. The van der Waals surface area contributed by atoms with Crippen LogP contribution in [-0.2, 0) is 6.42 Å². The topological polar surface area (TPSA) is 0 Å². The second kappa shape index (κ2) is 7.78. The molecule has 0 spiro atoms. The molecule has 2 rings (SSSR count). The van der Waals surface area contributed by atoms with Gasteiger partial charge in [-0.2, -0.15) is 0 Å². The summed E-state index contributed by atoms with van der Waals surface area (Å²) in [6.07, 6.45) is 12.1. The molecule has 2 aromatic rings. The van der Waals surface area contributed by atoms with Gasteiger partial charge in [0, 0.05) is 0 Å². The fourth-order valence-electron chi connectivity index (χ4n) is 2.55. The van der Waals surface area contributed by atoms with Crippen LogP contribution in [-0.4, -0.2) is 0 Å². The van der Waals surface area contributed by atoms with Crippen molar-refractivity contribution in [3.63, 3.8) is 0 Å². The highest BCUT2D eigenvalue weighted by molar-refractivity contribution is 5.85. The van der Waals surface area contributed by atoms with Gasteiger partial charge in [0.15, 0.2) is 0 Å². The SMILES string of the molecule is CC/C=C/CCCCCc1cccc2ccccc12. The summed E-state index contributed by atoms with van der Waals surface area (Å²) in [5, 5.41) is 2.79. The Labute approximate surface area is 117 Å². The molecule has 0 amide bonds. The first kappa shape index (κ1) is 13.9. The van der Waals surface area contributed by atoms with Crippen molar-refractivity contribution in [3.8, 4) is 0 Å². The number of fused-ring (bicyclic) bond motifs is 1. The van der Waals surface area contributed by atoms with Crippen LogP contribution < -0.4 is 0 Å². The van der Waals surface area contributed by atoms with Gasteiger partial charge in [-0.3, -0.25) is 0 Å². The zero-order valence-electron chi connectivity index (χ0n) is 11.9. The van der Waals surface area contributed by atoms with Crippen LogP contribution in [0.3, 0.4) is 0 Å². The van der Waals surface area contributed by atoms with Crippen molar-refractivity contribution in [2.24, 2.45) is 0 Å². The normalized spacial score (nSPS) is 11.4. The molecule has 0 atom stereocenters.